The van der Waals surface area contributed by atoms with Crippen molar-refractivity contribution in [2.75, 3.05) is 0 Å². The van der Waals surface area contributed by atoms with Crippen LogP contribution in [0, 0.1) is 13.8 Å². The Morgan fingerprint density at radius 1 is 1.41 bits per heavy atom. The van der Waals surface area contributed by atoms with E-state index < -0.39 is 0 Å². The molecule has 3 heterocycles. The molecule has 0 aliphatic heterocycles. The molecule has 0 aliphatic carbocycles. The minimum Gasteiger partial charge on any atom is -0.267 e. The first kappa shape index (κ1) is 10.2. The average molecular weight is 247 g/mol. The third-order valence-electron chi connectivity index (χ3n) is 2.50. The first-order valence-electron chi connectivity index (χ1n) is 5.02. The normalized spacial score (nSPS) is 11.2. The van der Waals surface area contributed by atoms with Crippen LogP contribution in [0.5, 0.6) is 0 Å². The molecule has 0 aromatic carbocycles. The number of hydrogen-bond acceptors (Lipinski definition) is 5. The average Bonchev–Trinajstić information content (AvgIpc) is 2.84. The van der Waals surface area contributed by atoms with Crippen molar-refractivity contribution in [2.24, 2.45) is 0 Å². The molecule has 0 fully saturated rings. The minimum absolute atomic E-state index is 0.192. The predicted molar refractivity (Wildman–Crippen MR) is 64.2 cm³/mol. The molecule has 0 radical (unpaired) electrons. The van der Waals surface area contributed by atoms with Crippen LogP contribution in [0.1, 0.15) is 11.4 Å². The third kappa shape index (κ3) is 1.47. The van der Waals surface area contributed by atoms with Crippen molar-refractivity contribution < 1.29 is 0 Å². The molecule has 0 bridgehead atoms. The fourth-order valence-corrected chi connectivity index (χ4v) is 2.42. The Morgan fingerprint density at radius 3 is 2.94 bits per heavy atom. The fourth-order valence-electron chi connectivity index (χ4n) is 1.83. The Bertz CT molecular complexity index is 740. The van der Waals surface area contributed by atoms with Gasteiger partial charge in [-0.3, -0.25) is 9.89 Å². The van der Waals surface area contributed by atoms with E-state index in [9.17, 15) is 4.79 Å². The number of aromatic nitrogens is 5. The molecule has 0 saturated heterocycles. The van der Waals surface area contributed by atoms with Gasteiger partial charge >= 0.3 is 0 Å². The molecule has 86 valence electrons. The second kappa shape index (κ2) is 3.49. The van der Waals surface area contributed by atoms with Gasteiger partial charge < -0.3 is 0 Å². The maximum absolute atomic E-state index is 11.9. The smallest absolute Gasteiger partial charge is 0.267 e. The highest BCUT2D eigenvalue weighted by atomic mass is 32.1. The first-order chi connectivity index (χ1) is 8.16. The van der Waals surface area contributed by atoms with Gasteiger partial charge in [-0.1, -0.05) is 11.3 Å². The van der Waals surface area contributed by atoms with Gasteiger partial charge in [-0.25, -0.2) is 9.50 Å². The minimum atomic E-state index is -0.192. The number of aryl methyl sites for hydroxylation is 2. The molecule has 0 amide bonds. The predicted octanol–water partition coefficient (Wildman–Crippen LogP) is 1.16. The zero-order chi connectivity index (χ0) is 12.0. The van der Waals surface area contributed by atoms with Gasteiger partial charge in [0.15, 0.2) is 10.7 Å². The van der Waals surface area contributed by atoms with Gasteiger partial charge in [0.1, 0.15) is 11.1 Å². The van der Waals surface area contributed by atoms with Crippen LogP contribution < -0.4 is 5.56 Å². The number of H-pyrrole nitrogens is 1. The van der Waals surface area contributed by atoms with Gasteiger partial charge in [-0.05, 0) is 19.9 Å². The summed E-state index contributed by atoms with van der Waals surface area (Å²) in [5.41, 5.74) is 4.29. The number of rotatable bonds is 1. The summed E-state index contributed by atoms with van der Waals surface area (Å²) in [6, 6.07) is 1.91. The molecule has 7 heteroatoms. The summed E-state index contributed by atoms with van der Waals surface area (Å²) in [6.07, 6.45) is 0. The summed E-state index contributed by atoms with van der Waals surface area (Å²) in [5.74, 6) is 0. The van der Waals surface area contributed by atoms with E-state index in [0.29, 0.717) is 16.2 Å². The molecule has 1 N–H and O–H groups in total. The van der Waals surface area contributed by atoms with E-state index in [1.807, 2.05) is 19.9 Å². The second-order valence-corrected chi connectivity index (χ2v) is 4.59. The van der Waals surface area contributed by atoms with Gasteiger partial charge in [0, 0.05) is 11.4 Å². The van der Waals surface area contributed by atoms with E-state index in [-0.39, 0.29) is 5.56 Å². The lowest BCUT2D eigenvalue weighted by Gasteiger charge is -2.01. The fraction of sp³-hybridized carbons (Fsp3) is 0.200. The molecule has 0 saturated carbocycles. The summed E-state index contributed by atoms with van der Waals surface area (Å²) < 4.78 is 1.67. The van der Waals surface area contributed by atoms with E-state index >= 15 is 0 Å². The van der Waals surface area contributed by atoms with Crippen LogP contribution in [0.25, 0.3) is 16.2 Å². The summed E-state index contributed by atoms with van der Waals surface area (Å²) in [5, 5.41) is 11.0. The molecule has 0 atom stereocenters. The highest BCUT2D eigenvalue weighted by Crippen LogP contribution is 2.21. The van der Waals surface area contributed by atoms with Crippen molar-refractivity contribution in [1.82, 2.24) is 24.8 Å². The standard InChI is InChI=1S/C10H9N5OS/c1-5-3-6(2)15-8(12-5)7(9(16)14-15)10-13-11-4-17-10/h3-4H,1-2H3,(H,14,16). The number of nitrogens with one attached hydrogen (secondary N) is 1. The Morgan fingerprint density at radius 2 is 2.24 bits per heavy atom. The Hall–Kier alpha value is -2.02. The number of hydrogen-bond donors (Lipinski definition) is 1. The number of fused-ring (bicyclic) bond motifs is 1. The van der Waals surface area contributed by atoms with Crippen LogP contribution in [0.4, 0.5) is 0 Å². The Balaban J connectivity index is 2.47. The quantitative estimate of drug-likeness (QED) is 0.700. The van der Waals surface area contributed by atoms with E-state index in [4.69, 9.17) is 0 Å². The largest absolute Gasteiger partial charge is 0.277 e. The molecule has 17 heavy (non-hydrogen) atoms. The van der Waals surface area contributed by atoms with Crippen molar-refractivity contribution in [1.29, 1.82) is 0 Å². The van der Waals surface area contributed by atoms with Crippen molar-refractivity contribution in [3.8, 4) is 10.6 Å². The molecule has 3 rings (SSSR count). The van der Waals surface area contributed by atoms with E-state index in [2.05, 4.69) is 20.3 Å². The van der Waals surface area contributed by atoms with E-state index in [1.165, 1.54) is 11.3 Å². The zero-order valence-electron chi connectivity index (χ0n) is 9.26. The monoisotopic (exact) mass is 247 g/mol. The SMILES string of the molecule is Cc1cc(C)n2[nH]c(=O)c(-c3nncs3)c2n1. The molecule has 0 aliphatic rings. The van der Waals surface area contributed by atoms with Crippen LogP contribution in [0.15, 0.2) is 16.4 Å². The highest BCUT2D eigenvalue weighted by molar-refractivity contribution is 7.12. The molecule has 0 spiro atoms. The molecule has 6 nitrogen and oxygen atoms in total. The van der Waals surface area contributed by atoms with Crippen molar-refractivity contribution in [3.63, 3.8) is 0 Å². The van der Waals surface area contributed by atoms with Crippen LogP contribution >= 0.6 is 11.3 Å². The molecule has 3 aromatic rings. The molecule has 0 unspecified atom stereocenters. The summed E-state index contributed by atoms with van der Waals surface area (Å²) in [7, 11) is 0. The van der Waals surface area contributed by atoms with Gasteiger partial charge in [-0.15, -0.1) is 10.2 Å². The molecule has 3 aromatic heterocycles. The van der Waals surface area contributed by atoms with Crippen molar-refractivity contribution >= 4 is 17.0 Å². The molecular formula is C10H9N5OS. The first-order valence-corrected chi connectivity index (χ1v) is 5.90. The van der Waals surface area contributed by atoms with Crippen LogP contribution in [0.3, 0.4) is 0 Å². The second-order valence-electron chi connectivity index (χ2n) is 3.76. The van der Waals surface area contributed by atoms with Crippen molar-refractivity contribution in [3.05, 3.63) is 33.3 Å². The summed E-state index contributed by atoms with van der Waals surface area (Å²) in [4.78, 5) is 16.3. The van der Waals surface area contributed by atoms with Gasteiger partial charge in [-0.2, -0.15) is 0 Å². The Kier molecular flexibility index (Phi) is 2.08. The maximum Gasteiger partial charge on any atom is 0.277 e. The van der Waals surface area contributed by atoms with Crippen LogP contribution in [-0.2, 0) is 0 Å². The van der Waals surface area contributed by atoms with Gasteiger partial charge in [0.05, 0.1) is 0 Å². The lowest BCUT2D eigenvalue weighted by Crippen LogP contribution is -2.03. The lowest BCUT2D eigenvalue weighted by atomic mass is 10.3. The maximum atomic E-state index is 11.9. The number of aromatic amines is 1. The lowest BCUT2D eigenvalue weighted by molar-refractivity contribution is 0.871. The van der Waals surface area contributed by atoms with Gasteiger partial charge in [0.25, 0.3) is 5.56 Å². The van der Waals surface area contributed by atoms with E-state index in [0.717, 1.165) is 11.4 Å². The summed E-state index contributed by atoms with van der Waals surface area (Å²) in [6.45, 7) is 3.82. The third-order valence-corrected chi connectivity index (χ3v) is 3.21. The highest BCUT2D eigenvalue weighted by Gasteiger charge is 2.16. The zero-order valence-corrected chi connectivity index (χ0v) is 10.1. The van der Waals surface area contributed by atoms with E-state index in [1.54, 1.807) is 10.0 Å². The topological polar surface area (TPSA) is 75.9 Å². The Labute approximate surface area is 100.0 Å². The van der Waals surface area contributed by atoms with Crippen molar-refractivity contribution in [2.45, 2.75) is 13.8 Å². The van der Waals surface area contributed by atoms with Crippen LogP contribution in [-0.4, -0.2) is 24.8 Å². The number of nitrogens with zero attached hydrogens (tertiary/aromatic N) is 4. The van der Waals surface area contributed by atoms with Crippen LogP contribution in [0.2, 0.25) is 0 Å². The molecular weight excluding hydrogens is 238 g/mol. The summed E-state index contributed by atoms with van der Waals surface area (Å²) >= 11 is 1.33. The van der Waals surface area contributed by atoms with Gasteiger partial charge in [0.2, 0.25) is 0 Å².